The zero-order valence-electron chi connectivity index (χ0n) is 10.6. The first-order chi connectivity index (χ1) is 8.65. The highest BCUT2D eigenvalue weighted by Crippen LogP contribution is 2.46. The Bertz CT molecular complexity index is 500. The van der Waals surface area contributed by atoms with Crippen molar-refractivity contribution in [2.24, 2.45) is 16.6 Å². The second kappa shape index (κ2) is 4.26. The molecule has 4 heteroatoms. The predicted molar refractivity (Wildman–Crippen MR) is 78.9 cm³/mol. The monoisotopic (exact) mass is 307 g/mol. The molecule has 2 aliphatic rings. The highest BCUT2D eigenvalue weighted by Gasteiger charge is 2.50. The topological polar surface area (TPSA) is 41.6 Å². The SMILES string of the molecule is CC1CCCC12CN=C(N)N2c1ccccc1Br. The molecule has 0 amide bonds. The van der Waals surface area contributed by atoms with Crippen molar-refractivity contribution in [3.63, 3.8) is 0 Å². The number of nitrogens with zero attached hydrogens (tertiary/aromatic N) is 2. The van der Waals surface area contributed by atoms with E-state index >= 15 is 0 Å². The van der Waals surface area contributed by atoms with Gasteiger partial charge in [0.15, 0.2) is 5.96 Å². The van der Waals surface area contributed by atoms with E-state index in [1.165, 1.54) is 19.3 Å². The summed E-state index contributed by atoms with van der Waals surface area (Å²) < 4.78 is 1.09. The minimum Gasteiger partial charge on any atom is -0.369 e. The molecule has 0 bridgehead atoms. The fraction of sp³-hybridized carbons (Fsp3) is 0.500. The van der Waals surface area contributed by atoms with Crippen LogP contribution in [0.5, 0.6) is 0 Å². The molecule has 96 valence electrons. The fourth-order valence-electron chi connectivity index (χ4n) is 3.38. The maximum Gasteiger partial charge on any atom is 0.196 e. The second-order valence-electron chi connectivity index (χ2n) is 5.36. The van der Waals surface area contributed by atoms with Crippen LogP contribution < -0.4 is 10.6 Å². The van der Waals surface area contributed by atoms with Crippen LogP contribution in [-0.4, -0.2) is 18.0 Å². The van der Waals surface area contributed by atoms with Gasteiger partial charge in [-0.3, -0.25) is 4.99 Å². The van der Waals surface area contributed by atoms with E-state index in [1.807, 2.05) is 6.07 Å². The minimum absolute atomic E-state index is 0.105. The lowest BCUT2D eigenvalue weighted by atomic mass is 9.87. The number of guanidine groups is 1. The summed E-state index contributed by atoms with van der Waals surface area (Å²) in [6.45, 7) is 3.16. The molecule has 0 saturated heterocycles. The molecule has 3 nitrogen and oxygen atoms in total. The Morgan fingerprint density at radius 3 is 2.89 bits per heavy atom. The van der Waals surface area contributed by atoms with Gasteiger partial charge in [0.25, 0.3) is 0 Å². The lowest BCUT2D eigenvalue weighted by molar-refractivity contribution is 0.365. The van der Waals surface area contributed by atoms with Gasteiger partial charge in [-0.1, -0.05) is 25.5 Å². The van der Waals surface area contributed by atoms with Gasteiger partial charge in [-0.2, -0.15) is 0 Å². The molecule has 2 unspecified atom stereocenters. The number of anilines is 1. The third kappa shape index (κ3) is 1.58. The molecule has 18 heavy (non-hydrogen) atoms. The highest BCUT2D eigenvalue weighted by molar-refractivity contribution is 9.10. The van der Waals surface area contributed by atoms with E-state index < -0.39 is 0 Å². The van der Waals surface area contributed by atoms with Gasteiger partial charge < -0.3 is 10.6 Å². The molecule has 1 aliphatic heterocycles. The highest BCUT2D eigenvalue weighted by atomic mass is 79.9. The van der Waals surface area contributed by atoms with Crippen molar-refractivity contribution in [1.29, 1.82) is 0 Å². The van der Waals surface area contributed by atoms with Crippen LogP contribution in [0.3, 0.4) is 0 Å². The summed E-state index contributed by atoms with van der Waals surface area (Å²) in [6.07, 6.45) is 3.72. The van der Waals surface area contributed by atoms with Gasteiger partial charge >= 0.3 is 0 Å². The van der Waals surface area contributed by atoms with E-state index in [0.29, 0.717) is 11.9 Å². The molecule has 0 aromatic heterocycles. The molecular formula is C14H18BrN3. The van der Waals surface area contributed by atoms with Gasteiger partial charge in [0.1, 0.15) is 0 Å². The number of halogens is 1. The number of benzene rings is 1. The Labute approximate surface area is 116 Å². The fourth-order valence-corrected chi connectivity index (χ4v) is 3.84. The lowest BCUT2D eigenvalue weighted by Gasteiger charge is -2.40. The van der Waals surface area contributed by atoms with Crippen LogP contribution in [0.1, 0.15) is 26.2 Å². The average molecular weight is 308 g/mol. The van der Waals surface area contributed by atoms with Crippen molar-refractivity contribution in [3.05, 3.63) is 28.7 Å². The normalized spacial score (nSPS) is 31.1. The smallest absolute Gasteiger partial charge is 0.196 e. The van der Waals surface area contributed by atoms with Crippen LogP contribution in [0.4, 0.5) is 5.69 Å². The molecule has 1 heterocycles. The number of nitrogens with two attached hydrogens (primary N) is 1. The summed E-state index contributed by atoms with van der Waals surface area (Å²) in [7, 11) is 0. The van der Waals surface area contributed by atoms with Crippen molar-refractivity contribution >= 4 is 27.6 Å². The first-order valence-corrected chi connectivity index (χ1v) is 7.29. The Morgan fingerprint density at radius 2 is 2.22 bits per heavy atom. The summed E-state index contributed by atoms with van der Waals surface area (Å²) in [4.78, 5) is 6.78. The minimum atomic E-state index is 0.105. The van der Waals surface area contributed by atoms with Crippen LogP contribution in [0.15, 0.2) is 33.7 Å². The molecule has 2 atom stereocenters. The van der Waals surface area contributed by atoms with Gasteiger partial charge in [0, 0.05) is 4.47 Å². The molecule has 2 N–H and O–H groups in total. The maximum atomic E-state index is 6.15. The maximum absolute atomic E-state index is 6.15. The van der Waals surface area contributed by atoms with E-state index in [4.69, 9.17) is 5.73 Å². The molecule has 1 aromatic carbocycles. The average Bonchev–Trinajstić information content (AvgIpc) is 2.87. The number of hydrogen-bond acceptors (Lipinski definition) is 3. The van der Waals surface area contributed by atoms with E-state index in [-0.39, 0.29) is 5.54 Å². The largest absolute Gasteiger partial charge is 0.369 e. The van der Waals surface area contributed by atoms with Gasteiger partial charge in [-0.15, -0.1) is 0 Å². The number of aliphatic imine (C=N–C) groups is 1. The molecule has 1 spiro atoms. The molecule has 1 fully saturated rings. The summed E-state index contributed by atoms with van der Waals surface area (Å²) in [6, 6.07) is 8.26. The van der Waals surface area contributed by atoms with Gasteiger partial charge in [-0.05, 0) is 46.8 Å². The third-order valence-electron chi connectivity index (χ3n) is 4.45. The molecule has 1 aliphatic carbocycles. The van der Waals surface area contributed by atoms with Crippen molar-refractivity contribution in [2.45, 2.75) is 31.7 Å². The summed E-state index contributed by atoms with van der Waals surface area (Å²) in [5, 5.41) is 0. The zero-order chi connectivity index (χ0) is 12.8. The number of rotatable bonds is 1. The third-order valence-corrected chi connectivity index (χ3v) is 5.12. The second-order valence-corrected chi connectivity index (χ2v) is 6.21. The van der Waals surface area contributed by atoms with Crippen LogP contribution in [0.2, 0.25) is 0 Å². The van der Waals surface area contributed by atoms with Crippen molar-refractivity contribution in [1.82, 2.24) is 0 Å². The van der Waals surface area contributed by atoms with Gasteiger partial charge in [-0.25, -0.2) is 0 Å². The Morgan fingerprint density at radius 1 is 1.44 bits per heavy atom. The van der Waals surface area contributed by atoms with Crippen LogP contribution >= 0.6 is 15.9 Å². The summed E-state index contributed by atoms with van der Waals surface area (Å²) in [5.74, 6) is 1.30. The van der Waals surface area contributed by atoms with Crippen molar-refractivity contribution in [3.8, 4) is 0 Å². The summed E-state index contributed by atoms with van der Waals surface area (Å²) >= 11 is 3.63. The summed E-state index contributed by atoms with van der Waals surface area (Å²) in [5.41, 5.74) is 7.40. The molecule has 3 rings (SSSR count). The standard InChI is InChI=1S/C14H18BrN3/c1-10-5-4-8-14(10)9-17-13(16)18(14)12-7-3-2-6-11(12)15/h2-3,6-7,10H,4-5,8-9H2,1H3,(H2,16,17). The Balaban J connectivity index is 2.08. The zero-order valence-corrected chi connectivity index (χ0v) is 12.2. The van der Waals surface area contributed by atoms with Crippen molar-refractivity contribution < 1.29 is 0 Å². The first kappa shape index (κ1) is 12.0. The van der Waals surface area contributed by atoms with E-state index in [1.54, 1.807) is 0 Å². The van der Waals surface area contributed by atoms with Crippen LogP contribution in [-0.2, 0) is 0 Å². The quantitative estimate of drug-likeness (QED) is 0.866. The first-order valence-electron chi connectivity index (χ1n) is 6.50. The lowest BCUT2D eigenvalue weighted by Crippen LogP contribution is -2.53. The number of para-hydroxylation sites is 1. The molecule has 1 aromatic rings. The molecule has 1 saturated carbocycles. The Kier molecular flexibility index (Phi) is 2.85. The van der Waals surface area contributed by atoms with Gasteiger partial charge in [0.2, 0.25) is 0 Å². The van der Waals surface area contributed by atoms with E-state index in [9.17, 15) is 0 Å². The van der Waals surface area contributed by atoms with Crippen LogP contribution in [0, 0.1) is 5.92 Å². The van der Waals surface area contributed by atoms with E-state index in [2.05, 4.69) is 50.9 Å². The number of hydrogen-bond donors (Lipinski definition) is 1. The van der Waals surface area contributed by atoms with E-state index in [0.717, 1.165) is 16.7 Å². The molecule has 0 radical (unpaired) electrons. The molecular weight excluding hydrogens is 290 g/mol. The van der Waals surface area contributed by atoms with Gasteiger partial charge in [0.05, 0.1) is 17.8 Å². The predicted octanol–water partition coefficient (Wildman–Crippen LogP) is 3.14. The van der Waals surface area contributed by atoms with Crippen molar-refractivity contribution in [2.75, 3.05) is 11.4 Å². The van der Waals surface area contributed by atoms with Crippen LogP contribution in [0.25, 0.3) is 0 Å². The Hall–Kier alpha value is -1.03.